The van der Waals surface area contributed by atoms with Crippen LogP contribution in [0.15, 0.2) is 71.8 Å². The fourth-order valence-corrected chi connectivity index (χ4v) is 5.49. The molecule has 2 aliphatic heterocycles. The van der Waals surface area contributed by atoms with Crippen LogP contribution >= 0.6 is 11.8 Å². The van der Waals surface area contributed by atoms with Gasteiger partial charge >= 0.3 is 0 Å². The summed E-state index contributed by atoms with van der Waals surface area (Å²) in [5, 5.41) is 2.20. The molecule has 2 aliphatic rings. The summed E-state index contributed by atoms with van der Waals surface area (Å²) < 4.78 is 25.5. The van der Waals surface area contributed by atoms with Crippen molar-refractivity contribution in [3.63, 3.8) is 0 Å². The number of hydrogen-bond donors (Lipinski definition) is 0. The van der Waals surface area contributed by atoms with Gasteiger partial charge in [-0.2, -0.15) is 4.57 Å². The lowest BCUT2D eigenvalue weighted by molar-refractivity contribution is -0.686. The number of methoxy groups -OCH3 is 1. The van der Waals surface area contributed by atoms with E-state index in [1.54, 1.807) is 7.11 Å². The van der Waals surface area contributed by atoms with Gasteiger partial charge in [0.1, 0.15) is 0 Å². The van der Waals surface area contributed by atoms with Crippen LogP contribution in [0.25, 0.3) is 22.0 Å². The smallest absolute Gasteiger partial charge is 0.231 e. The molecule has 0 fully saturated rings. The largest absolute Gasteiger partial charge is 1.00 e. The maximum Gasteiger partial charge on any atom is 0.231 e. The molecule has 0 radical (unpaired) electrons. The first kappa shape index (κ1) is 23.8. The molecule has 0 atom stereocenters. The second-order valence-electron chi connectivity index (χ2n) is 8.43. The number of aromatic nitrogens is 1. The Morgan fingerprint density at radius 2 is 1.83 bits per heavy atom. The summed E-state index contributed by atoms with van der Waals surface area (Å²) in [5.41, 5.74) is 3.68. The molecule has 0 saturated heterocycles. The number of halogens is 1. The molecule has 0 N–H and O–H groups in total. The van der Waals surface area contributed by atoms with E-state index in [0.29, 0.717) is 13.4 Å². The van der Waals surface area contributed by atoms with Crippen LogP contribution in [0.4, 0.5) is 0 Å². The molecule has 0 saturated carbocycles. The van der Waals surface area contributed by atoms with Gasteiger partial charge in [0, 0.05) is 23.1 Å². The van der Waals surface area contributed by atoms with E-state index in [1.165, 1.54) is 21.7 Å². The van der Waals surface area contributed by atoms with E-state index in [4.69, 9.17) is 18.9 Å². The number of rotatable bonds is 7. The Bertz CT molecular complexity index is 1360. The van der Waals surface area contributed by atoms with E-state index in [1.807, 2.05) is 23.9 Å². The van der Waals surface area contributed by atoms with E-state index in [2.05, 4.69) is 59.3 Å². The molecular weight excluding hydrogens is 526 g/mol. The average molecular weight is 552 g/mol. The molecule has 3 heterocycles. The van der Waals surface area contributed by atoms with Crippen molar-refractivity contribution in [2.45, 2.75) is 24.3 Å². The highest BCUT2D eigenvalue weighted by molar-refractivity contribution is 7.99. The van der Waals surface area contributed by atoms with E-state index >= 15 is 0 Å². The lowest BCUT2D eigenvalue weighted by Crippen LogP contribution is -3.00. The summed E-state index contributed by atoms with van der Waals surface area (Å²) in [6, 6.07) is 21.1. The Kier molecular flexibility index (Phi) is 7.07. The topological polar surface area (TPSA) is 40.8 Å². The van der Waals surface area contributed by atoms with Crippen molar-refractivity contribution < 1.29 is 40.5 Å². The molecule has 0 spiro atoms. The quantitative estimate of drug-likeness (QED) is 0.201. The van der Waals surface area contributed by atoms with Crippen LogP contribution in [0, 0.1) is 0 Å². The van der Waals surface area contributed by atoms with Crippen LogP contribution in [0.3, 0.4) is 0 Å². The predicted molar refractivity (Wildman–Crippen MR) is 133 cm³/mol. The molecule has 0 unspecified atom stereocenters. The maximum atomic E-state index is 6.31. The summed E-state index contributed by atoms with van der Waals surface area (Å²) in [5.74, 6) is 4.26. The SMILES string of the molecule is COc1ccc2cc3[n+](cc2c1OCCCSc1ccccc1)CCc1cc2c(cc1-3)OCO2.[Br-]. The zero-order valence-corrected chi connectivity index (χ0v) is 21.9. The number of ether oxygens (including phenoxy) is 4. The van der Waals surface area contributed by atoms with E-state index in [9.17, 15) is 0 Å². The van der Waals surface area contributed by atoms with Gasteiger partial charge in [0.05, 0.1) is 24.7 Å². The van der Waals surface area contributed by atoms with Gasteiger partial charge in [-0.15, -0.1) is 11.8 Å². The third kappa shape index (κ3) is 4.67. The van der Waals surface area contributed by atoms with Crippen LogP contribution in [0.5, 0.6) is 23.0 Å². The molecule has 0 bridgehead atoms. The molecule has 35 heavy (non-hydrogen) atoms. The first-order valence-electron chi connectivity index (χ1n) is 11.6. The van der Waals surface area contributed by atoms with Crippen molar-refractivity contribution in [1.29, 1.82) is 0 Å². The summed E-state index contributed by atoms with van der Waals surface area (Å²) in [7, 11) is 1.70. The van der Waals surface area contributed by atoms with Crippen LogP contribution < -0.4 is 40.5 Å². The van der Waals surface area contributed by atoms with Crippen LogP contribution in [-0.4, -0.2) is 26.3 Å². The monoisotopic (exact) mass is 551 g/mol. The Morgan fingerprint density at radius 1 is 1.00 bits per heavy atom. The van der Waals surface area contributed by atoms with Gasteiger partial charge in [-0.05, 0) is 53.8 Å². The average Bonchev–Trinajstić information content (AvgIpc) is 3.34. The number of hydrogen-bond acceptors (Lipinski definition) is 5. The summed E-state index contributed by atoms with van der Waals surface area (Å²) in [4.78, 5) is 1.29. The van der Waals surface area contributed by atoms with E-state index in [0.717, 1.165) is 58.9 Å². The zero-order chi connectivity index (χ0) is 22.9. The normalized spacial score (nSPS) is 13.1. The van der Waals surface area contributed by atoms with Crippen molar-refractivity contribution in [2.75, 3.05) is 26.3 Å². The number of benzene rings is 3. The van der Waals surface area contributed by atoms with Gasteiger partial charge in [-0.1, -0.05) is 18.2 Å². The third-order valence-corrected chi connectivity index (χ3v) is 7.44. The Labute approximate surface area is 219 Å². The van der Waals surface area contributed by atoms with Crippen molar-refractivity contribution in [2.24, 2.45) is 0 Å². The molecular formula is C28H26BrNO4S. The first-order chi connectivity index (χ1) is 16.8. The highest BCUT2D eigenvalue weighted by Gasteiger charge is 2.28. The second-order valence-corrected chi connectivity index (χ2v) is 9.60. The molecule has 0 aliphatic carbocycles. The second kappa shape index (κ2) is 10.4. The molecule has 5 nitrogen and oxygen atoms in total. The number of aryl methyl sites for hydroxylation is 2. The van der Waals surface area contributed by atoms with Gasteiger partial charge in [-0.3, -0.25) is 0 Å². The van der Waals surface area contributed by atoms with Gasteiger partial charge in [0.2, 0.25) is 12.5 Å². The molecule has 1 aromatic heterocycles. The standard InChI is InChI=1S/C28H26NO4S.BrH/c1-30-25-9-8-19-14-24-22-16-27-26(32-18-33-27)15-20(22)10-11-29(24)17-23(19)28(25)31-12-5-13-34-21-6-3-2-4-7-21;/h2-4,6-9,14-17H,5,10-13,18H2,1H3;1H/q+1;/p-1. The molecule has 3 aromatic carbocycles. The Morgan fingerprint density at radius 3 is 2.66 bits per heavy atom. The maximum absolute atomic E-state index is 6.31. The Balaban J connectivity index is 0.00000253. The molecule has 4 aromatic rings. The minimum absolute atomic E-state index is 0. The van der Waals surface area contributed by atoms with Gasteiger partial charge in [-0.25, -0.2) is 0 Å². The highest BCUT2D eigenvalue weighted by atomic mass is 79.9. The molecule has 6 rings (SSSR count). The van der Waals surface area contributed by atoms with Gasteiger partial charge in [0.15, 0.2) is 35.7 Å². The van der Waals surface area contributed by atoms with Gasteiger partial charge in [0.25, 0.3) is 0 Å². The number of fused-ring (bicyclic) bond motifs is 5. The van der Waals surface area contributed by atoms with Crippen molar-refractivity contribution in [1.82, 2.24) is 0 Å². The first-order valence-corrected chi connectivity index (χ1v) is 12.6. The van der Waals surface area contributed by atoms with Gasteiger partial charge < -0.3 is 35.9 Å². The summed E-state index contributed by atoms with van der Waals surface area (Å²) >= 11 is 1.86. The zero-order valence-electron chi connectivity index (χ0n) is 19.5. The van der Waals surface area contributed by atoms with Crippen molar-refractivity contribution in [3.8, 4) is 34.3 Å². The van der Waals surface area contributed by atoms with E-state index < -0.39 is 0 Å². The lowest BCUT2D eigenvalue weighted by Gasteiger charge is -2.18. The summed E-state index contributed by atoms with van der Waals surface area (Å²) in [6.07, 6.45) is 4.11. The number of pyridine rings is 1. The fourth-order valence-electron chi connectivity index (χ4n) is 4.65. The summed E-state index contributed by atoms with van der Waals surface area (Å²) in [6.45, 7) is 1.84. The van der Waals surface area contributed by atoms with Crippen molar-refractivity contribution in [3.05, 3.63) is 72.4 Å². The number of thioether (sulfide) groups is 1. The fraction of sp³-hybridized carbons (Fsp3) is 0.250. The molecule has 7 heteroatoms. The van der Waals surface area contributed by atoms with Crippen LogP contribution in [0.1, 0.15) is 12.0 Å². The van der Waals surface area contributed by atoms with Crippen molar-refractivity contribution >= 4 is 22.5 Å². The van der Waals surface area contributed by atoms with Crippen LogP contribution in [0.2, 0.25) is 0 Å². The highest BCUT2D eigenvalue weighted by Crippen LogP contribution is 2.41. The minimum atomic E-state index is 0. The lowest BCUT2D eigenvalue weighted by atomic mass is 9.95. The third-order valence-electron chi connectivity index (χ3n) is 6.34. The van der Waals surface area contributed by atoms with E-state index in [-0.39, 0.29) is 17.0 Å². The van der Waals surface area contributed by atoms with Crippen LogP contribution in [-0.2, 0) is 13.0 Å². The Hall–Kier alpha value is -2.90. The molecule has 180 valence electrons. The number of nitrogens with zero attached hydrogens (tertiary/aromatic N) is 1. The predicted octanol–water partition coefficient (Wildman–Crippen LogP) is 2.65. The minimum Gasteiger partial charge on any atom is -1.00 e. The molecule has 0 amide bonds.